The van der Waals surface area contributed by atoms with Gasteiger partial charge >= 0.3 is 0 Å². The molecule has 1 aliphatic rings. The molecule has 0 atom stereocenters. The Hall–Kier alpha value is -0.520. The fourth-order valence-electron chi connectivity index (χ4n) is 2.07. The molecule has 0 aromatic heterocycles. The Labute approximate surface area is 94.4 Å². The van der Waals surface area contributed by atoms with E-state index in [1.807, 2.05) is 0 Å². The summed E-state index contributed by atoms with van der Waals surface area (Å²) < 4.78 is 0. The van der Waals surface area contributed by atoms with E-state index in [0.29, 0.717) is 0 Å². The molecule has 86 valence electrons. The number of likely N-dealkylation sites (N-methyl/N-ethyl adjacent to an activating group) is 1. The van der Waals surface area contributed by atoms with Gasteiger partial charge in [0.1, 0.15) is 0 Å². The van der Waals surface area contributed by atoms with Crippen LogP contribution in [-0.2, 0) is 0 Å². The minimum atomic E-state index is 0.167. The first-order chi connectivity index (χ1) is 7.07. The SMILES string of the molecule is C#CCN(CC1CC1)CC(C)(C)NCC. The standard InChI is InChI=1S/C13H24N2/c1-5-9-15(10-12-7-8-12)11-13(3,4)14-6-2/h1,12,14H,6-11H2,2-4H3. The van der Waals surface area contributed by atoms with Crippen LogP contribution in [0, 0.1) is 18.3 Å². The summed E-state index contributed by atoms with van der Waals surface area (Å²) in [6.45, 7) is 10.7. The van der Waals surface area contributed by atoms with Crippen molar-refractivity contribution in [1.29, 1.82) is 0 Å². The Morgan fingerprint density at radius 3 is 2.60 bits per heavy atom. The Bertz CT molecular complexity index is 223. The molecule has 1 N–H and O–H groups in total. The Morgan fingerprint density at radius 2 is 2.13 bits per heavy atom. The molecule has 15 heavy (non-hydrogen) atoms. The van der Waals surface area contributed by atoms with Crippen LogP contribution >= 0.6 is 0 Å². The van der Waals surface area contributed by atoms with E-state index in [1.165, 1.54) is 19.4 Å². The molecule has 0 bridgehead atoms. The molecule has 0 aliphatic heterocycles. The van der Waals surface area contributed by atoms with Gasteiger partial charge in [0.05, 0.1) is 6.54 Å². The molecule has 0 aromatic rings. The molecule has 1 fully saturated rings. The smallest absolute Gasteiger partial charge is 0.0599 e. The first-order valence-electron chi connectivity index (χ1n) is 5.98. The number of terminal acetylenes is 1. The van der Waals surface area contributed by atoms with Gasteiger partial charge < -0.3 is 5.32 Å². The van der Waals surface area contributed by atoms with Gasteiger partial charge in [0.15, 0.2) is 0 Å². The molecule has 0 radical (unpaired) electrons. The van der Waals surface area contributed by atoms with Gasteiger partial charge in [-0.25, -0.2) is 0 Å². The maximum atomic E-state index is 5.41. The molecular formula is C13H24N2. The van der Waals surface area contributed by atoms with Crippen molar-refractivity contribution in [2.75, 3.05) is 26.2 Å². The van der Waals surface area contributed by atoms with Crippen molar-refractivity contribution in [3.05, 3.63) is 0 Å². The highest BCUT2D eigenvalue weighted by Crippen LogP contribution is 2.29. The molecule has 2 nitrogen and oxygen atoms in total. The molecule has 2 heteroatoms. The second-order valence-electron chi connectivity index (χ2n) is 5.23. The number of nitrogens with zero attached hydrogens (tertiary/aromatic N) is 1. The highest BCUT2D eigenvalue weighted by Gasteiger charge is 2.27. The third kappa shape index (κ3) is 5.20. The van der Waals surface area contributed by atoms with Gasteiger partial charge in [-0.2, -0.15) is 0 Å². The van der Waals surface area contributed by atoms with Crippen molar-refractivity contribution in [3.63, 3.8) is 0 Å². The molecule has 0 amide bonds. The van der Waals surface area contributed by atoms with Crippen LogP contribution in [0.5, 0.6) is 0 Å². The first kappa shape index (κ1) is 12.5. The van der Waals surface area contributed by atoms with Gasteiger partial charge in [-0.05, 0) is 39.2 Å². The second-order valence-corrected chi connectivity index (χ2v) is 5.23. The van der Waals surface area contributed by atoms with E-state index in [4.69, 9.17) is 6.42 Å². The monoisotopic (exact) mass is 208 g/mol. The molecule has 0 spiro atoms. The lowest BCUT2D eigenvalue weighted by atomic mass is 10.0. The van der Waals surface area contributed by atoms with Crippen LogP contribution < -0.4 is 5.32 Å². The van der Waals surface area contributed by atoms with Crippen molar-refractivity contribution in [2.45, 2.75) is 39.2 Å². The van der Waals surface area contributed by atoms with Gasteiger partial charge in [0.2, 0.25) is 0 Å². The van der Waals surface area contributed by atoms with E-state index >= 15 is 0 Å². The van der Waals surface area contributed by atoms with E-state index < -0.39 is 0 Å². The normalized spacial score (nSPS) is 16.7. The van der Waals surface area contributed by atoms with E-state index in [-0.39, 0.29) is 5.54 Å². The van der Waals surface area contributed by atoms with Crippen LogP contribution in [0.25, 0.3) is 0 Å². The highest BCUT2D eigenvalue weighted by molar-refractivity contribution is 4.93. The average Bonchev–Trinajstić information content (AvgIpc) is 2.87. The molecule has 0 unspecified atom stereocenters. The lowest BCUT2D eigenvalue weighted by Gasteiger charge is -2.32. The molecular weight excluding hydrogens is 184 g/mol. The quantitative estimate of drug-likeness (QED) is 0.641. The number of hydrogen-bond acceptors (Lipinski definition) is 2. The number of hydrogen-bond donors (Lipinski definition) is 1. The summed E-state index contributed by atoms with van der Waals surface area (Å²) >= 11 is 0. The molecule has 0 aromatic carbocycles. The Morgan fingerprint density at radius 1 is 1.47 bits per heavy atom. The van der Waals surface area contributed by atoms with Gasteiger partial charge in [0, 0.05) is 18.6 Å². The van der Waals surface area contributed by atoms with Crippen LogP contribution in [0.3, 0.4) is 0 Å². The highest BCUT2D eigenvalue weighted by atomic mass is 15.2. The Kier molecular flexibility index (Phi) is 4.63. The van der Waals surface area contributed by atoms with E-state index in [2.05, 4.69) is 36.9 Å². The molecule has 0 heterocycles. The van der Waals surface area contributed by atoms with Gasteiger partial charge in [-0.1, -0.05) is 12.8 Å². The summed E-state index contributed by atoms with van der Waals surface area (Å²) in [6.07, 6.45) is 8.19. The second kappa shape index (κ2) is 5.53. The largest absolute Gasteiger partial charge is 0.311 e. The lowest BCUT2D eigenvalue weighted by molar-refractivity contribution is 0.215. The van der Waals surface area contributed by atoms with Gasteiger partial charge in [-0.3, -0.25) is 4.90 Å². The van der Waals surface area contributed by atoms with Crippen molar-refractivity contribution in [1.82, 2.24) is 10.2 Å². The first-order valence-corrected chi connectivity index (χ1v) is 5.98. The maximum absolute atomic E-state index is 5.41. The summed E-state index contributed by atoms with van der Waals surface area (Å²) in [6, 6.07) is 0. The van der Waals surface area contributed by atoms with Crippen LogP contribution in [0.4, 0.5) is 0 Å². The van der Waals surface area contributed by atoms with Crippen molar-refractivity contribution in [2.24, 2.45) is 5.92 Å². The zero-order valence-corrected chi connectivity index (χ0v) is 10.3. The number of rotatable bonds is 7. The van der Waals surface area contributed by atoms with Crippen molar-refractivity contribution < 1.29 is 0 Å². The zero-order valence-electron chi connectivity index (χ0n) is 10.3. The number of nitrogens with one attached hydrogen (secondary N) is 1. The summed E-state index contributed by atoms with van der Waals surface area (Å²) in [7, 11) is 0. The fourth-order valence-corrected chi connectivity index (χ4v) is 2.07. The summed E-state index contributed by atoms with van der Waals surface area (Å²) in [5.74, 6) is 3.68. The average molecular weight is 208 g/mol. The van der Waals surface area contributed by atoms with Crippen LogP contribution in [0.1, 0.15) is 33.6 Å². The third-order valence-electron chi connectivity index (χ3n) is 2.80. The van der Waals surface area contributed by atoms with Gasteiger partial charge in [0.25, 0.3) is 0 Å². The predicted octanol–water partition coefficient (Wildman–Crippen LogP) is 1.72. The summed E-state index contributed by atoms with van der Waals surface area (Å²) in [4.78, 5) is 2.40. The van der Waals surface area contributed by atoms with E-state index in [1.54, 1.807) is 0 Å². The summed E-state index contributed by atoms with van der Waals surface area (Å²) in [5.41, 5.74) is 0.167. The Balaban J connectivity index is 2.37. The molecule has 1 rings (SSSR count). The zero-order chi connectivity index (χ0) is 11.3. The van der Waals surface area contributed by atoms with E-state index in [0.717, 1.165) is 25.6 Å². The molecule has 0 saturated heterocycles. The lowest BCUT2D eigenvalue weighted by Crippen LogP contribution is -2.49. The van der Waals surface area contributed by atoms with Crippen LogP contribution in [0.15, 0.2) is 0 Å². The summed E-state index contributed by atoms with van der Waals surface area (Å²) in [5, 5.41) is 3.49. The fraction of sp³-hybridized carbons (Fsp3) is 0.846. The molecule has 1 saturated carbocycles. The van der Waals surface area contributed by atoms with Crippen molar-refractivity contribution in [3.8, 4) is 12.3 Å². The minimum Gasteiger partial charge on any atom is -0.311 e. The van der Waals surface area contributed by atoms with Gasteiger partial charge in [-0.15, -0.1) is 6.42 Å². The topological polar surface area (TPSA) is 15.3 Å². The predicted molar refractivity (Wildman–Crippen MR) is 65.8 cm³/mol. The van der Waals surface area contributed by atoms with Crippen molar-refractivity contribution >= 4 is 0 Å². The maximum Gasteiger partial charge on any atom is 0.0599 e. The third-order valence-corrected chi connectivity index (χ3v) is 2.80. The minimum absolute atomic E-state index is 0.167. The van der Waals surface area contributed by atoms with Crippen LogP contribution in [-0.4, -0.2) is 36.6 Å². The molecule has 1 aliphatic carbocycles. The van der Waals surface area contributed by atoms with Crippen LogP contribution in [0.2, 0.25) is 0 Å². The van der Waals surface area contributed by atoms with E-state index in [9.17, 15) is 0 Å².